The Morgan fingerprint density at radius 1 is 1.50 bits per heavy atom. The Balaban J connectivity index is 2.86. The third kappa shape index (κ3) is 1.68. The summed E-state index contributed by atoms with van der Waals surface area (Å²) in [5.74, 6) is 0.0254. The number of benzene rings is 1. The molecular weight excluding hydrogens is 230 g/mol. The second-order valence-corrected chi connectivity index (χ2v) is 4.18. The van der Waals surface area contributed by atoms with Gasteiger partial charge in [0.25, 0.3) is 0 Å². The zero-order valence-corrected chi connectivity index (χ0v) is 10.4. The van der Waals surface area contributed by atoms with Gasteiger partial charge in [-0.3, -0.25) is 0 Å². The van der Waals surface area contributed by atoms with Crippen LogP contribution in [-0.4, -0.2) is 16.2 Å². The number of azide groups is 1. The number of phenols is 1. The maximum Gasteiger partial charge on any atom is 0.134 e. The Morgan fingerprint density at radius 2 is 2.22 bits per heavy atom. The maximum absolute atomic E-state index is 10.2. The molecule has 0 atom stereocenters. The molecule has 0 saturated heterocycles. The van der Waals surface area contributed by atoms with Gasteiger partial charge in [0.1, 0.15) is 5.75 Å². The van der Waals surface area contributed by atoms with Crippen molar-refractivity contribution in [2.24, 2.45) is 17.9 Å². The van der Waals surface area contributed by atoms with Crippen molar-refractivity contribution in [3.8, 4) is 5.75 Å². The lowest BCUT2D eigenvalue weighted by molar-refractivity contribution is 0.482. The summed E-state index contributed by atoms with van der Waals surface area (Å²) in [5.41, 5.74) is 17.3. The largest absolute Gasteiger partial charge is 0.507 e. The minimum Gasteiger partial charge on any atom is -0.507 e. The standard InChI is InChI=1S/C12H15N5O/c1-7-8(5-6-13)11-10(17(7)2)4-3-9(12(11)18)15-16-14/h3-4,18H,5-6,13H2,1-2H3. The summed E-state index contributed by atoms with van der Waals surface area (Å²) < 4.78 is 2.00. The van der Waals surface area contributed by atoms with E-state index in [4.69, 9.17) is 11.3 Å². The van der Waals surface area contributed by atoms with E-state index in [1.54, 1.807) is 6.07 Å². The van der Waals surface area contributed by atoms with Crippen molar-refractivity contribution >= 4 is 16.6 Å². The molecule has 0 saturated carbocycles. The second-order valence-electron chi connectivity index (χ2n) is 4.18. The van der Waals surface area contributed by atoms with E-state index in [2.05, 4.69) is 10.0 Å². The van der Waals surface area contributed by atoms with E-state index in [1.165, 1.54) is 0 Å². The lowest BCUT2D eigenvalue weighted by Crippen LogP contribution is -2.04. The summed E-state index contributed by atoms with van der Waals surface area (Å²) in [7, 11) is 1.93. The Labute approximate surface area is 104 Å². The van der Waals surface area contributed by atoms with Crippen molar-refractivity contribution in [1.82, 2.24) is 4.57 Å². The molecule has 0 amide bonds. The van der Waals surface area contributed by atoms with Crippen LogP contribution in [0.4, 0.5) is 5.69 Å². The Morgan fingerprint density at radius 3 is 2.83 bits per heavy atom. The third-order valence-corrected chi connectivity index (χ3v) is 3.28. The SMILES string of the molecule is Cc1c(CCN)c2c(O)c(N=[N+]=[N-])ccc2n1C. The molecule has 18 heavy (non-hydrogen) atoms. The molecule has 6 nitrogen and oxygen atoms in total. The first kappa shape index (κ1) is 12.3. The number of hydrogen-bond donors (Lipinski definition) is 2. The maximum atomic E-state index is 10.2. The minimum absolute atomic E-state index is 0.0254. The van der Waals surface area contributed by atoms with Crippen LogP contribution < -0.4 is 5.73 Å². The first-order chi connectivity index (χ1) is 8.61. The van der Waals surface area contributed by atoms with Gasteiger partial charge in [-0.2, -0.15) is 0 Å². The van der Waals surface area contributed by atoms with Gasteiger partial charge >= 0.3 is 0 Å². The molecule has 0 aliphatic carbocycles. The predicted octanol–water partition coefficient (Wildman–Crippen LogP) is 2.64. The van der Waals surface area contributed by atoms with Gasteiger partial charge in [-0.25, -0.2) is 0 Å². The van der Waals surface area contributed by atoms with Crippen molar-refractivity contribution in [1.29, 1.82) is 0 Å². The monoisotopic (exact) mass is 245 g/mol. The van der Waals surface area contributed by atoms with E-state index in [9.17, 15) is 5.11 Å². The smallest absolute Gasteiger partial charge is 0.134 e. The number of rotatable bonds is 3. The summed E-state index contributed by atoms with van der Waals surface area (Å²) in [6.45, 7) is 2.49. The highest BCUT2D eigenvalue weighted by atomic mass is 16.3. The molecule has 2 rings (SSSR count). The van der Waals surface area contributed by atoms with E-state index < -0.39 is 0 Å². The van der Waals surface area contributed by atoms with Gasteiger partial charge in [0.15, 0.2) is 0 Å². The first-order valence-corrected chi connectivity index (χ1v) is 5.66. The average Bonchev–Trinajstić information content (AvgIpc) is 2.59. The number of aryl methyl sites for hydroxylation is 1. The van der Waals surface area contributed by atoms with Crippen LogP contribution in [0.1, 0.15) is 11.3 Å². The molecule has 6 heteroatoms. The van der Waals surface area contributed by atoms with Crippen LogP contribution in [0.5, 0.6) is 5.75 Å². The van der Waals surface area contributed by atoms with Gasteiger partial charge in [0.05, 0.1) is 11.2 Å². The fourth-order valence-electron chi connectivity index (χ4n) is 2.29. The topological polar surface area (TPSA) is 99.9 Å². The number of nitrogens with two attached hydrogens (primary N) is 1. The van der Waals surface area contributed by atoms with Crippen molar-refractivity contribution in [3.63, 3.8) is 0 Å². The van der Waals surface area contributed by atoms with Crippen LogP contribution in [0.15, 0.2) is 17.2 Å². The molecule has 94 valence electrons. The van der Waals surface area contributed by atoms with Gasteiger partial charge in [0, 0.05) is 23.0 Å². The van der Waals surface area contributed by atoms with E-state index in [1.807, 2.05) is 24.6 Å². The van der Waals surface area contributed by atoms with Crippen molar-refractivity contribution in [2.75, 3.05) is 6.54 Å². The molecule has 1 aromatic heterocycles. The van der Waals surface area contributed by atoms with Crippen LogP contribution in [0.2, 0.25) is 0 Å². The van der Waals surface area contributed by atoms with Crippen LogP contribution in [-0.2, 0) is 13.5 Å². The van der Waals surface area contributed by atoms with Crippen molar-refractivity contribution in [2.45, 2.75) is 13.3 Å². The average molecular weight is 245 g/mol. The second kappa shape index (κ2) is 4.60. The van der Waals surface area contributed by atoms with E-state index in [0.717, 1.165) is 22.2 Å². The fraction of sp³-hybridized carbons (Fsp3) is 0.333. The number of fused-ring (bicyclic) bond motifs is 1. The molecule has 0 bridgehead atoms. The van der Waals surface area contributed by atoms with E-state index in [0.29, 0.717) is 13.0 Å². The highest BCUT2D eigenvalue weighted by Gasteiger charge is 2.16. The Kier molecular flexibility index (Phi) is 3.14. The quantitative estimate of drug-likeness (QED) is 0.493. The minimum atomic E-state index is 0.0254. The lowest BCUT2D eigenvalue weighted by Gasteiger charge is -2.03. The number of phenolic OH excluding ortho intramolecular Hbond substituents is 1. The molecule has 0 unspecified atom stereocenters. The summed E-state index contributed by atoms with van der Waals surface area (Å²) in [5, 5.41) is 14.4. The molecule has 0 radical (unpaired) electrons. The summed E-state index contributed by atoms with van der Waals surface area (Å²) in [6.07, 6.45) is 0.677. The zero-order valence-electron chi connectivity index (χ0n) is 10.4. The number of aromatic nitrogens is 1. The van der Waals surface area contributed by atoms with Gasteiger partial charge in [-0.1, -0.05) is 5.11 Å². The highest BCUT2D eigenvalue weighted by Crippen LogP contribution is 2.39. The molecule has 0 aliphatic heterocycles. The molecule has 1 heterocycles. The van der Waals surface area contributed by atoms with Crippen molar-refractivity contribution in [3.05, 3.63) is 33.8 Å². The van der Waals surface area contributed by atoms with Gasteiger partial charge in [-0.05, 0) is 43.1 Å². The normalized spacial score (nSPS) is 10.6. The Hall–Kier alpha value is -2.17. The summed E-state index contributed by atoms with van der Waals surface area (Å²) in [6, 6.07) is 3.45. The number of aromatic hydroxyl groups is 1. The van der Waals surface area contributed by atoms with Crippen LogP contribution >= 0.6 is 0 Å². The molecule has 0 aliphatic rings. The molecule has 1 aromatic carbocycles. The van der Waals surface area contributed by atoms with Crippen LogP contribution in [0, 0.1) is 6.92 Å². The molecule has 2 aromatic rings. The van der Waals surface area contributed by atoms with Crippen molar-refractivity contribution < 1.29 is 5.11 Å². The first-order valence-electron chi connectivity index (χ1n) is 5.66. The van der Waals surface area contributed by atoms with Gasteiger partial charge in [-0.15, -0.1) is 0 Å². The van der Waals surface area contributed by atoms with E-state index in [-0.39, 0.29) is 11.4 Å². The van der Waals surface area contributed by atoms with Gasteiger partial charge < -0.3 is 15.4 Å². The highest BCUT2D eigenvalue weighted by molar-refractivity contribution is 5.94. The van der Waals surface area contributed by atoms with Crippen LogP contribution in [0.3, 0.4) is 0 Å². The molecule has 0 spiro atoms. The zero-order chi connectivity index (χ0) is 13.3. The summed E-state index contributed by atoms with van der Waals surface area (Å²) in [4.78, 5) is 2.71. The predicted molar refractivity (Wildman–Crippen MR) is 70.9 cm³/mol. The van der Waals surface area contributed by atoms with Gasteiger partial charge in [0.2, 0.25) is 0 Å². The summed E-state index contributed by atoms with van der Waals surface area (Å²) >= 11 is 0. The van der Waals surface area contributed by atoms with E-state index >= 15 is 0 Å². The number of hydrogen-bond acceptors (Lipinski definition) is 3. The molecular formula is C12H15N5O. The number of nitrogens with zero attached hydrogens (tertiary/aromatic N) is 4. The molecule has 3 N–H and O–H groups in total. The Bertz CT molecular complexity index is 652. The third-order valence-electron chi connectivity index (χ3n) is 3.28. The van der Waals surface area contributed by atoms with Crippen LogP contribution in [0.25, 0.3) is 21.3 Å². The molecule has 0 fully saturated rings. The fourth-order valence-corrected chi connectivity index (χ4v) is 2.29. The lowest BCUT2D eigenvalue weighted by atomic mass is 10.1.